The first-order chi connectivity index (χ1) is 10.2. The molecule has 0 aliphatic carbocycles. The lowest BCUT2D eigenvalue weighted by atomic mass is 10.3. The van der Waals surface area contributed by atoms with Crippen LogP contribution in [-0.2, 0) is 13.5 Å². The zero-order chi connectivity index (χ0) is 15.1. The number of anilines is 1. The fourth-order valence-electron chi connectivity index (χ4n) is 1.81. The predicted molar refractivity (Wildman–Crippen MR) is 80.1 cm³/mol. The Labute approximate surface area is 123 Å². The minimum Gasteiger partial charge on any atom is -0.384 e. The Balaban J connectivity index is 1.81. The molecule has 0 atom stereocenters. The summed E-state index contributed by atoms with van der Waals surface area (Å²) in [6.45, 7) is 3.49. The average Bonchev–Trinajstić information content (AvgIpc) is 2.91. The molecule has 0 radical (unpaired) electrons. The number of aryl methyl sites for hydroxylation is 1. The molecular weight excluding hydrogens is 268 g/mol. The van der Waals surface area contributed by atoms with Gasteiger partial charge in [-0.15, -0.1) is 10.2 Å². The van der Waals surface area contributed by atoms with Crippen molar-refractivity contribution in [3.63, 3.8) is 0 Å². The summed E-state index contributed by atoms with van der Waals surface area (Å²) in [7, 11) is 1.88. The van der Waals surface area contributed by atoms with Crippen molar-refractivity contribution in [2.75, 3.05) is 18.4 Å². The molecule has 0 unspecified atom stereocenters. The van der Waals surface area contributed by atoms with E-state index >= 15 is 0 Å². The van der Waals surface area contributed by atoms with Gasteiger partial charge in [0.2, 0.25) is 0 Å². The number of hydrogen-bond acceptors (Lipinski definition) is 5. The van der Waals surface area contributed by atoms with Gasteiger partial charge in [0.25, 0.3) is 5.91 Å². The second-order valence-corrected chi connectivity index (χ2v) is 4.72. The van der Waals surface area contributed by atoms with Crippen LogP contribution in [0, 0.1) is 0 Å². The number of nitrogens with zero attached hydrogens (tertiary/aromatic N) is 4. The van der Waals surface area contributed by atoms with Crippen LogP contribution in [0.15, 0.2) is 24.7 Å². The van der Waals surface area contributed by atoms with Crippen molar-refractivity contribution >= 4 is 11.6 Å². The third kappa shape index (κ3) is 4.27. The maximum atomic E-state index is 11.9. The van der Waals surface area contributed by atoms with E-state index in [1.54, 1.807) is 18.6 Å². The van der Waals surface area contributed by atoms with Crippen molar-refractivity contribution in [1.82, 2.24) is 25.1 Å². The number of pyridine rings is 1. The van der Waals surface area contributed by atoms with Gasteiger partial charge in [-0.3, -0.25) is 4.79 Å². The van der Waals surface area contributed by atoms with Gasteiger partial charge in [0.1, 0.15) is 17.8 Å². The Morgan fingerprint density at radius 1 is 1.33 bits per heavy atom. The first-order valence-corrected chi connectivity index (χ1v) is 7.01. The summed E-state index contributed by atoms with van der Waals surface area (Å²) >= 11 is 0. The summed E-state index contributed by atoms with van der Waals surface area (Å²) in [4.78, 5) is 16.1. The van der Waals surface area contributed by atoms with E-state index in [2.05, 4.69) is 32.7 Å². The Morgan fingerprint density at radius 2 is 2.19 bits per heavy atom. The number of hydrogen-bond donors (Lipinski definition) is 2. The highest BCUT2D eigenvalue weighted by Gasteiger charge is 2.07. The number of rotatable bonds is 7. The standard InChI is InChI=1S/C14H20N6O/c1-3-7-15-11-4-5-12(17-9-11)14(21)16-8-6-13-19-18-10-20(13)2/h4-5,9-10,15H,3,6-8H2,1-2H3,(H,16,21). The van der Waals surface area contributed by atoms with E-state index in [4.69, 9.17) is 0 Å². The van der Waals surface area contributed by atoms with Crippen molar-refractivity contribution < 1.29 is 4.79 Å². The van der Waals surface area contributed by atoms with E-state index in [0.717, 1.165) is 24.5 Å². The number of amides is 1. The Bertz CT molecular complexity index is 577. The summed E-state index contributed by atoms with van der Waals surface area (Å²) in [6, 6.07) is 3.58. The van der Waals surface area contributed by atoms with Crippen molar-refractivity contribution in [3.05, 3.63) is 36.2 Å². The molecule has 2 heterocycles. The number of nitrogens with one attached hydrogen (secondary N) is 2. The molecule has 7 heteroatoms. The smallest absolute Gasteiger partial charge is 0.269 e. The van der Waals surface area contributed by atoms with Crippen LogP contribution >= 0.6 is 0 Å². The summed E-state index contributed by atoms with van der Waals surface area (Å²) in [5, 5.41) is 13.8. The van der Waals surface area contributed by atoms with E-state index in [1.807, 2.05) is 17.7 Å². The minimum absolute atomic E-state index is 0.181. The third-order valence-corrected chi connectivity index (χ3v) is 3.01. The van der Waals surface area contributed by atoms with Gasteiger partial charge < -0.3 is 15.2 Å². The lowest BCUT2D eigenvalue weighted by Gasteiger charge is -2.06. The van der Waals surface area contributed by atoms with Gasteiger partial charge in [-0.1, -0.05) is 6.92 Å². The number of carbonyl (C=O) groups is 1. The van der Waals surface area contributed by atoms with Crippen LogP contribution in [0.25, 0.3) is 0 Å². The molecular formula is C14H20N6O. The van der Waals surface area contributed by atoms with Crippen LogP contribution in [0.1, 0.15) is 29.7 Å². The highest BCUT2D eigenvalue weighted by atomic mass is 16.1. The van der Waals surface area contributed by atoms with E-state index in [0.29, 0.717) is 18.7 Å². The Hall–Kier alpha value is -2.44. The zero-order valence-electron chi connectivity index (χ0n) is 12.3. The minimum atomic E-state index is -0.181. The maximum absolute atomic E-state index is 11.9. The molecule has 0 aliphatic heterocycles. The van der Waals surface area contributed by atoms with E-state index in [-0.39, 0.29) is 5.91 Å². The molecule has 2 rings (SSSR count). The average molecular weight is 288 g/mol. The van der Waals surface area contributed by atoms with E-state index in [1.165, 1.54) is 0 Å². The summed E-state index contributed by atoms with van der Waals surface area (Å²) in [5.74, 6) is 0.654. The van der Waals surface area contributed by atoms with Crippen molar-refractivity contribution in [2.24, 2.45) is 7.05 Å². The number of carbonyl (C=O) groups excluding carboxylic acids is 1. The fourth-order valence-corrected chi connectivity index (χ4v) is 1.81. The van der Waals surface area contributed by atoms with Gasteiger partial charge >= 0.3 is 0 Å². The maximum Gasteiger partial charge on any atom is 0.269 e. The monoisotopic (exact) mass is 288 g/mol. The lowest BCUT2D eigenvalue weighted by Crippen LogP contribution is -2.27. The fraction of sp³-hybridized carbons (Fsp3) is 0.429. The van der Waals surface area contributed by atoms with Crippen LogP contribution in [0.4, 0.5) is 5.69 Å². The second kappa shape index (κ2) is 7.37. The van der Waals surface area contributed by atoms with Gasteiger partial charge in [-0.05, 0) is 18.6 Å². The summed E-state index contributed by atoms with van der Waals surface area (Å²) < 4.78 is 1.83. The molecule has 0 saturated carbocycles. The lowest BCUT2D eigenvalue weighted by molar-refractivity contribution is 0.0949. The van der Waals surface area contributed by atoms with Gasteiger partial charge in [0, 0.05) is 26.6 Å². The Morgan fingerprint density at radius 3 is 2.81 bits per heavy atom. The van der Waals surface area contributed by atoms with Crippen LogP contribution in [-0.4, -0.2) is 38.7 Å². The van der Waals surface area contributed by atoms with Gasteiger partial charge in [0.05, 0.1) is 11.9 Å². The quantitative estimate of drug-likeness (QED) is 0.794. The summed E-state index contributed by atoms with van der Waals surface area (Å²) in [6.07, 6.45) is 5.00. The van der Waals surface area contributed by atoms with Gasteiger partial charge in [0.15, 0.2) is 0 Å². The molecule has 2 aromatic heterocycles. The molecule has 2 aromatic rings. The first-order valence-electron chi connectivity index (χ1n) is 7.01. The topological polar surface area (TPSA) is 84.7 Å². The molecule has 0 spiro atoms. The van der Waals surface area contributed by atoms with Crippen LogP contribution in [0.5, 0.6) is 0 Å². The molecule has 0 aromatic carbocycles. The largest absolute Gasteiger partial charge is 0.384 e. The molecule has 0 bridgehead atoms. The van der Waals surface area contributed by atoms with E-state index < -0.39 is 0 Å². The third-order valence-electron chi connectivity index (χ3n) is 3.01. The summed E-state index contributed by atoms with van der Waals surface area (Å²) in [5.41, 5.74) is 1.34. The highest BCUT2D eigenvalue weighted by Crippen LogP contribution is 2.06. The van der Waals surface area contributed by atoms with Crippen LogP contribution < -0.4 is 10.6 Å². The molecule has 7 nitrogen and oxygen atoms in total. The van der Waals surface area contributed by atoms with Gasteiger partial charge in [-0.2, -0.15) is 0 Å². The molecule has 2 N–H and O–H groups in total. The SMILES string of the molecule is CCCNc1ccc(C(=O)NCCc2nncn2C)nc1. The normalized spacial score (nSPS) is 10.4. The van der Waals surface area contributed by atoms with Crippen molar-refractivity contribution in [1.29, 1.82) is 0 Å². The second-order valence-electron chi connectivity index (χ2n) is 4.72. The molecule has 0 aliphatic rings. The highest BCUT2D eigenvalue weighted by molar-refractivity contribution is 5.92. The van der Waals surface area contributed by atoms with E-state index in [9.17, 15) is 4.79 Å². The molecule has 1 amide bonds. The molecule has 0 saturated heterocycles. The van der Waals surface area contributed by atoms with Crippen LogP contribution in [0.2, 0.25) is 0 Å². The molecule has 0 fully saturated rings. The number of aromatic nitrogens is 4. The first kappa shape index (κ1) is 15.0. The molecule has 21 heavy (non-hydrogen) atoms. The zero-order valence-corrected chi connectivity index (χ0v) is 12.3. The van der Waals surface area contributed by atoms with Crippen molar-refractivity contribution in [3.8, 4) is 0 Å². The predicted octanol–water partition coefficient (Wildman–Crippen LogP) is 1.00. The van der Waals surface area contributed by atoms with Crippen molar-refractivity contribution in [2.45, 2.75) is 19.8 Å². The Kier molecular flexibility index (Phi) is 5.25. The van der Waals surface area contributed by atoms with Crippen LogP contribution in [0.3, 0.4) is 0 Å². The van der Waals surface area contributed by atoms with Gasteiger partial charge in [-0.25, -0.2) is 4.98 Å². The molecule has 112 valence electrons.